The standard InChI is InChI=1S/C12H23F3N2/c1-10(3-2-6-12(13,14)15)17-7-4-11(9-16)5-8-17/h10-11H,2-9,16H2,1H3. The summed E-state index contributed by atoms with van der Waals surface area (Å²) in [7, 11) is 0. The lowest BCUT2D eigenvalue weighted by Crippen LogP contribution is -2.41. The van der Waals surface area contributed by atoms with E-state index in [1.165, 1.54) is 0 Å². The van der Waals surface area contributed by atoms with Crippen molar-refractivity contribution in [2.45, 2.75) is 51.2 Å². The molecule has 0 aromatic rings. The third-order valence-electron chi connectivity index (χ3n) is 3.69. The molecule has 0 spiro atoms. The van der Waals surface area contributed by atoms with Gasteiger partial charge >= 0.3 is 6.18 Å². The average Bonchev–Trinajstić information content (AvgIpc) is 2.27. The zero-order chi connectivity index (χ0) is 12.9. The van der Waals surface area contributed by atoms with Crippen molar-refractivity contribution in [3.05, 3.63) is 0 Å². The molecule has 2 N–H and O–H groups in total. The second-order valence-corrected chi connectivity index (χ2v) is 5.07. The number of hydrogen-bond donors (Lipinski definition) is 1. The molecule has 2 nitrogen and oxygen atoms in total. The van der Waals surface area contributed by atoms with E-state index in [0.29, 0.717) is 12.3 Å². The summed E-state index contributed by atoms with van der Waals surface area (Å²) in [6.07, 6.45) is -1.63. The Morgan fingerprint density at radius 3 is 2.35 bits per heavy atom. The summed E-state index contributed by atoms with van der Waals surface area (Å²) < 4.78 is 36.1. The first-order valence-corrected chi connectivity index (χ1v) is 6.43. The van der Waals surface area contributed by atoms with Gasteiger partial charge in [0.05, 0.1) is 0 Å². The lowest BCUT2D eigenvalue weighted by atomic mass is 9.95. The van der Waals surface area contributed by atoms with E-state index in [-0.39, 0.29) is 12.5 Å². The Bertz CT molecular complexity index is 210. The highest BCUT2D eigenvalue weighted by Crippen LogP contribution is 2.25. The van der Waals surface area contributed by atoms with Crippen LogP contribution in [-0.4, -0.2) is 36.8 Å². The van der Waals surface area contributed by atoms with Crippen LogP contribution in [0.5, 0.6) is 0 Å². The SMILES string of the molecule is CC(CCCC(F)(F)F)N1CCC(CN)CC1. The molecule has 0 aromatic carbocycles. The Kier molecular flexibility index (Phi) is 5.73. The number of alkyl halides is 3. The Hall–Kier alpha value is -0.290. The molecule has 102 valence electrons. The maximum absolute atomic E-state index is 12.0. The minimum Gasteiger partial charge on any atom is -0.330 e. The van der Waals surface area contributed by atoms with Crippen molar-refractivity contribution in [2.24, 2.45) is 11.7 Å². The number of piperidine rings is 1. The third kappa shape index (κ3) is 5.73. The van der Waals surface area contributed by atoms with Gasteiger partial charge in [-0.25, -0.2) is 0 Å². The fourth-order valence-corrected chi connectivity index (χ4v) is 2.41. The summed E-state index contributed by atoms with van der Waals surface area (Å²) in [6, 6.07) is 0.260. The molecule has 0 aromatic heterocycles. The second-order valence-electron chi connectivity index (χ2n) is 5.07. The predicted octanol–water partition coefficient (Wildman–Crippen LogP) is 2.78. The Morgan fingerprint density at radius 2 is 1.88 bits per heavy atom. The Labute approximate surface area is 101 Å². The molecule has 1 rings (SSSR count). The second kappa shape index (κ2) is 6.59. The minimum absolute atomic E-state index is 0.238. The van der Waals surface area contributed by atoms with Gasteiger partial charge in [0.15, 0.2) is 0 Å². The molecular formula is C12H23F3N2. The first-order valence-electron chi connectivity index (χ1n) is 6.43. The first-order chi connectivity index (χ1) is 7.92. The van der Waals surface area contributed by atoms with Gasteiger partial charge in [-0.2, -0.15) is 13.2 Å². The van der Waals surface area contributed by atoms with Crippen LogP contribution in [-0.2, 0) is 0 Å². The molecule has 0 bridgehead atoms. The monoisotopic (exact) mass is 252 g/mol. The van der Waals surface area contributed by atoms with Gasteiger partial charge in [0.1, 0.15) is 0 Å². The van der Waals surface area contributed by atoms with E-state index in [4.69, 9.17) is 5.73 Å². The zero-order valence-electron chi connectivity index (χ0n) is 10.5. The molecule has 17 heavy (non-hydrogen) atoms. The lowest BCUT2D eigenvalue weighted by molar-refractivity contribution is -0.136. The van der Waals surface area contributed by atoms with Gasteiger partial charge in [-0.15, -0.1) is 0 Å². The van der Waals surface area contributed by atoms with E-state index in [0.717, 1.165) is 32.5 Å². The van der Waals surface area contributed by atoms with Gasteiger partial charge in [0.2, 0.25) is 0 Å². The van der Waals surface area contributed by atoms with Gasteiger partial charge in [0.25, 0.3) is 0 Å². The van der Waals surface area contributed by atoms with Crippen molar-refractivity contribution < 1.29 is 13.2 Å². The number of hydrogen-bond acceptors (Lipinski definition) is 2. The van der Waals surface area contributed by atoms with Gasteiger partial charge in [-0.1, -0.05) is 0 Å². The number of likely N-dealkylation sites (tertiary alicyclic amines) is 1. The quantitative estimate of drug-likeness (QED) is 0.815. The fourth-order valence-electron chi connectivity index (χ4n) is 2.41. The van der Waals surface area contributed by atoms with Gasteiger partial charge < -0.3 is 10.6 Å². The number of halogens is 3. The summed E-state index contributed by atoms with van der Waals surface area (Å²) in [5, 5.41) is 0. The van der Waals surface area contributed by atoms with Crippen LogP contribution in [0.15, 0.2) is 0 Å². The van der Waals surface area contributed by atoms with Crippen molar-refractivity contribution in [3.63, 3.8) is 0 Å². The molecule has 0 radical (unpaired) electrons. The molecule has 0 saturated carbocycles. The van der Waals surface area contributed by atoms with Crippen LogP contribution in [0.25, 0.3) is 0 Å². The summed E-state index contributed by atoms with van der Waals surface area (Å²) in [5.74, 6) is 0.605. The van der Waals surface area contributed by atoms with Crippen LogP contribution in [0.1, 0.15) is 39.0 Å². The number of nitrogens with two attached hydrogens (primary N) is 1. The maximum Gasteiger partial charge on any atom is 0.389 e. The fraction of sp³-hybridized carbons (Fsp3) is 1.00. The van der Waals surface area contributed by atoms with E-state index in [9.17, 15) is 13.2 Å². The number of nitrogens with zero attached hydrogens (tertiary/aromatic N) is 1. The van der Waals surface area contributed by atoms with Gasteiger partial charge in [-0.3, -0.25) is 0 Å². The molecule has 1 unspecified atom stereocenters. The molecular weight excluding hydrogens is 229 g/mol. The first kappa shape index (κ1) is 14.8. The zero-order valence-corrected chi connectivity index (χ0v) is 10.5. The minimum atomic E-state index is -4.01. The molecule has 1 aliphatic heterocycles. The summed E-state index contributed by atoms with van der Waals surface area (Å²) in [6.45, 7) is 4.72. The van der Waals surface area contributed by atoms with Crippen molar-refractivity contribution in [1.82, 2.24) is 4.90 Å². The molecule has 1 saturated heterocycles. The van der Waals surface area contributed by atoms with Crippen molar-refractivity contribution >= 4 is 0 Å². The highest BCUT2D eigenvalue weighted by atomic mass is 19.4. The van der Waals surface area contributed by atoms with Crippen molar-refractivity contribution in [2.75, 3.05) is 19.6 Å². The van der Waals surface area contributed by atoms with Gasteiger partial charge in [0, 0.05) is 12.5 Å². The van der Waals surface area contributed by atoms with Crippen molar-refractivity contribution in [1.29, 1.82) is 0 Å². The van der Waals surface area contributed by atoms with Crippen LogP contribution < -0.4 is 5.73 Å². The Morgan fingerprint density at radius 1 is 1.29 bits per heavy atom. The Balaban J connectivity index is 2.18. The molecule has 0 amide bonds. The smallest absolute Gasteiger partial charge is 0.330 e. The van der Waals surface area contributed by atoms with Crippen LogP contribution in [0, 0.1) is 5.92 Å². The summed E-state index contributed by atoms with van der Waals surface area (Å²) >= 11 is 0. The molecule has 1 aliphatic rings. The lowest BCUT2D eigenvalue weighted by Gasteiger charge is -2.35. The normalized spacial score (nSPS) is 21.7. The van der Waals surface area contributed by atoms with E-state index < -0.39 is 12.6 Å². The topological polar surface area (TPSA) is 29.3 Å². The summed E-state index contributed by atoms with van der Waals surface area (Å²) in [5.41, 5.74) is 5.61. The van der Waals surface area contributed by atoms with Gasteiger partial charge in [-0.05, 0) is 58.2 Å². The third-order valence-corrected chi connectivity index (χ3v) is 3.69. The highest BCUT2D eigenvalue weighted by molar-refractivity contribution is 4.76. The number of rotatable bonds is 5. The van der Waals surface area contributed by atoms with Crippen LogP contribution in [0.3, 0.4) is 0 Å². The predicted molar refractivity (Wildman–Crippen MR) is 62.7 cm³/mol. The van der Waals surface area contributed by atoms with E-state index in [1.807, 2.05) is 6.92 Å². The van der Waals surface area contributed by atoms with Crippen LogP contribution >= 0.6 is 0 Å². The molecule has 0 aliphatic carbocycles. The van der Waals surface area contributed by atoms with Crippen LogP contribution in [0.4, 0.5) is 13.2 Å². The average molecular weight is 252 g/mol. The molecule has 1 atom stereocenters. The van der Waals surface area contributed by atoms with E-state index in [2.05, 4.69) is 4.90 Å². The van der Waals surface area contributed by atoms with Crippen LogP contribution in [0.2, 0.25) is 0 Å². The highest BCUT2D eigenvalue weighted by Gasteiger charge is 2.27. The summed E-state index contributed by atoms with van der Waals surface area (Å²) in [4.78, 5) is 2.29. The van der Waals surface area contributed by atoms with E-state index >= 15 is 0 Å². The van der Waals surface area contributed by atoms with E-state index in [1.54, 1.807) is 0 Å². The maximum atomic E-state index is 12.0. The van der Waals surface area contributed by atoms with Crippen molar-refractivity contribution in [3.8, 4) is 0 Å². The largest absolute Gasteiger partial charge is 0.389 e. The molecule has 5 heteroatoms. The molecule has 1 heterocycles. The molecule has 1 fully saturated rings.